The van der Waals surface area contributed by atoms with E-state index >= 15 is 0 Å². The van der Waals surface area contributed by atoms with Crippen molar-refractivity contribution in [2.75, 3.05) is 20.1 Å². The van der Waals surface area contributed by atoms with Crippen LogP contribution in [0.4, 0.5) is 0 Å². The van der Waals surface area contributed by atoms with Crippen molar-refractivity contribution in [1.29, 1.82) is 0 Å². The van der Waals surface area contributed by atoms with E-state index in [0.717, 1.165) is 43.7 Å². The molecule has 0 aliphatic carbocycles. The number of benzene rings is 2. The summed E-state index contributed by atoms with van der Waals surface area (Å²) in [6.07, 6.45) is 5.50. The monoisotopic (exact) mass is 464 g/mol. The zero-order valence-corrected chi connectivity index (χ0v) is 20.8. The Kier molecular flexibility index (Phi) is 14.8. The Hall–Kier alpha value is -3.06. The second-order valence-corrected chi connectivity index (χ2v) is 8.16. The smallest absolute Gasteiger partial charge is 0.0784 e. The summed E-state index contributed by atoms with van der Waals surface area (Å²) < 4.78 is 0. The van der Waals surface area contributed by atoms with E-state index in [9.17, 15) is 0 Å². The van der Waals surface area contributed by atoms with E-state index in [1.54, 1.807) is 0 Å². The zero-order chi connectivity index (χ0) is 25.2. The molecule has 0 amide bonds. The molecule has 1 aliphatic heterocycles. The fourth-order valence-electron chi connectivity index (χ4n) is 3.72. The highest BCUT2D eigenvalue weighted by molar-refractivity contribution is 5.18. The highest BCUT2D eigenvalue weighted by Gasteiger charge is 2.27. The molecular formula is C28H44N6. The maximum atomic E-state index is 5.39. The van der Waals surface area contributed by atoms with Gasteiger partial charge in [-0.25, -0.2) is 0 Å². The number of nitrogens with zero attached hydrogens (tertiary/aromatic N) is 1. The number of rotatable bonds is 10. The van der Waals surface area contributed by atoms with Gasteiger partial charge in [0, 0.05) is 24.5 Å². The number of hydrogen-bond acceptors (Lipinski definition) is 6. The molecular weight excluding hydrogens is 420 g/mol. The second-order valence-electron chi connectivity index (χ2n) is 8.16. The molecule has 2 aromatic carbocycles. The van der Waals surface area contributed by atoms with Crippen LogP contribution in [-0.2, 0) is 6.54 Å². The van der Waals surface area contributed by atoms with Crippen molar-refractivity contribution < 1.29 is 0 Å². The van der Waals surface area contributed by atoms with Gasteiger partial charge in [0.2, 0.25) is 0 Å². The summed E-state index contributed by atoms with van der Waals surface area (Å²) in [5.74, 6) is 0. The lowest BCUT2D eigenvalue weighted by molar-refractivity contribution is 0.330. The van der Waals surface area contributed by atoms with Gasteiger partial charge >= 0.3 is 0 Å². The van der Waals surface area contributed by atoms with Crippen molar-refractivity contribution in [2.45, 2.75) is 44.4 Å². The van der Waals surface area contributed by atoms with Crippen LogP contribution in [0.3, 0.4) is 0 Å². The van der Waals surface area contributed by atoms with Crippen LogP contribution >= 0.6 is 0 Å². The van der Waals surface area contributed by atoms with E-state index < -0.39 is 0 Å². The molecule has 8 N–H and O–H groups in total. The van der Waals surface area contributed by atoms with Gasteiger partial charge in [0.15, 0.2) is 0 Å². The largest absolute Gasteiger partial charge is 0.405 e. The van der Waals surface area contributed by atoms with Gasteiger partial charge in [0.1, 0.15) is 0 Å². The molecule has 1 saturated heterocycles. The van der Waals surface area contributed by atoms with Crippen molar-refractivity contribution in [2.24, 2.45) is 17.2 Å². The molecule has 0 aromatic heterocycles. The lowest BCUT2D eigenvalue weighted by Gasteiger charge is -2.30. The van der Waals surface area contributed by atoms with Crippen molar-refractivity contribution >= 4 is 0 Å². The van der Waals surface area contributed by atoms with E-state index in [4.69, 9.17) is 11.5 Å². The first-order valence-electron chi connectivity index (χ1n) is 11.9. The fourth-order valence-corrected chi connectivity index (χ4v) is 3.72. The van der Waals surface area contributed by atoms with Gasteiger partial charge in [-0.15, -0.1) is 0 Å². The van der Waals surface area contributed by atoms with Crippen molar-refractivity contribution in [3.63, 3.8) is 0 Å². The normalized spacial score (nSPS) is 14.4. The van der Waals surface area contributed by atoms with E-state index in [2.05, 4.69) is 65.3 Å². The summed E-state index contributed by atoms with van der Waals surface area (Å²) in [4.78, 5) is 2.44. The van der Waals surface area contributed by atoms with Crippen LogP contribution in [0.5, 0.6) is 0 Å². The quantitative estimate of drug-likeness (QED) is 0.269. The lowest BCUT2D eigenvalue weighted by atomic mass is 10.1. The van der Waals surface area contributed by atoms with Crippen molar-refractivity contribution in [3.8, 4) is 0 Å². The van der Waals surface area contributed by atoms with Gasteiger partial charge in [0.05, 0.1) is 12.2 Å². The Bertz CT molecular complexity index is 819. The van der Waals surface area contributed by atoms with E-state index in [-0.39, 0.29) is 6.17 Å². The van der Waals surface area contributed by atoms with Crippen LogP contribution in [0.2, 0.25) is 0 Å². The first-order chi connectivity index (χ1) is 16.4. The van der Waals surface area contributed by atoms with Crippen LogP contribution in [0.15, 0.2) is 98.0 Å². The lowest BCUT2D eigenvalue weighted by Crippen LogP contribution is -2.34. The van der Waals surface area contributed by atoms with Gasteiger partial charge in [-0.05, 0) is 56.6 Å². The Labute approximate surface area is 206 Å². The molecule has 6 heteroatoms. The second kappa shape index (κ2) is 17.4. The standard InChI is InChI=1S/C19H29N3.C7H10N2.C2H5N/c1-16(9-7-13-20-3)22-14-8-12-19(22)17(2)21-15-18-10-5-4-6-11-18;8-7(9)6-4-2-1-3-5-6;1-2-3/h4-6,10-11,19-21H,1-2,7-9,12-15H2,3H3;1-5,7H,8-9H2;2H,1,3H2. The molecule has 0 saturated carbocycles. The number of likely N-dealkylation sites (tertiary alicyclic amines) is 1. The Morgan fingerprint density at radius 2 is 1.68 bits per heavy atom. The molecule has 0 bridgehead atoms. The third-order valence-corrected chi connectivity index (χ3v) is 5.50. The van der Waals surface area contributed by atoms with Gasteiger partial charge < -0.3 is 32.7 Å². The number of nitrogens with two attached hydrogens (primary N) is 3. The molecule has 1 aliphatic rings. The molecule has 1 fully saturated rings. The van der Waals surface area contributed by atoms with E-state index in [1.807, 2.05) is 43.4 Å². The Morgan fingerprint density at radius 1 is 1.09 bits per heavy atom. The van der Waals surface area contributed by atoms with Crippen LogP contribution in [-0.4, -0.2) is 31.1 Å². The summed E-state index contributed by atoms with van der Waals surface area (Å²) in [6.45, 7) is 14.7. The molecule has 34 heavy (non-hydrogen) atoms. The van der Waals surface area contributed by atoms with Gasteiger partial charge in [-0.2, -0.15) is 0 Å². The first-order valence-corrected chi connectivity index (χ1v) is 11.9. The minimum absolute atomic E-state index is 0.341. The third kappa shape index (κ3) is 11.2. The summed E-state index contributed by atoms with van der Waals surface area (Å²) in [7, 11) is 2.00. The highest BCUT2D eigenvalue weighted by atomic mass is 15.2. The fraction of sp³-hybridized carbons (Fsp3) is 0.357. The first kappa shape index (κ1) is 29.0. The Morgan fingerprint density at radius 3 is 2.21 bits per heavy atom. The average Bonchev–Trinajstić information content (AvgIpc) is 3.35. The molecule has 0 radical (unpaired) electrons. The molecule has 1 unspecified atom stereocenters. The van der Waals surface area contributed by atoms with Gasteiger partial charge in [-0.3, -0.25) is 0 Å². The number of hydrogen-bond donors (Lipinski definition) is 5. The minimum atomic E-state index is -0.341. The molecule has 3 rings (SSSR count). The topological polar surface area (TPSA) is 105 Å². The summed E-state index contributed by atoms with van der Waals surface area (Å²) >= 11 is 0. The van der Waals surface area contributed by atoms with Crippen LogP contribution in [0.1, 0.15) is 43.0 Å². The van der Waals surface area contributed by atoms with Crippen molar-refractivity contribution in [3.05, 3.63) is 109 Å². The molecule has 0 spiro atoms. The van der Waals surface area contributed by atoms with Crippen LogP contribution in [0.25, 0.3) is 0 Å². The summed E-state index contributed by atoms with van der Waals surface area (Å²) in [5.41, 5.74) is 20.0. The predicted octanol–water partition coefficient (Wildman–Crippen LogP) is 3.96. The molecule has 186 valence electrons. The zero-order valence-electron chi connectivity index (χ0n) is 20.8. The summed E-state index contributed by atoms with van der Waals surface area (Å²) in [5, 5.41) is 6.70. The average molecular weight is 465 g/mol. The highest BCUT2D eigenvalue weighted by Crippen LogP contribution is 2.27. The third-order valence-electron chi connectivity index (χ3n) is 5.50. The van der Waals surface area contributed by atoms with Crippen LogP contribution in [0, 0.1) is 0 Å². The molecule has 1 heterocycles. The summed E-state index contributed by atoms with van der Waals surface area (Å²) in [6, 6.07) is 20.5. The SMILES string of the molecule is C=C(NCc1ccccc1)C1CCCN1C(=C)CCCNC.C=CN.NC(N)c1ccccc1. The number of allylic oxidation sites excluding steroid dienone is 1. The molecule has 1 atom stereocenters. The maximum absolute atomic E-state index is 5.39. The van der Waals surface area contributed by atoms with E-state index in [0.29, 0.717) is 6.04 Å². The molecule has 2 aromatic rings. The van der Waals surface area contributed by atoms with Crippen LogP contribution < -0.4 is 27.8 Å². The Balaban J connectivity index is 0.000000398. The van der Waals surface area contributed by atoms with Gasteiger partial charge in [-0.1, -0.05) is 80.4 Å². The number of nitrogens with one attached hydrogen (secondary N) is 2. The molecule has 6 nitrogen and oxygen atoms in total. The predicted molar refractivity (Wildman–Crippen MR) is 146 cm³/mol. The van der Waals surface area contributed by atoms with E-state index in [1.165, 1.54) is 30.3 Å². The maximum Gasteiger partial charge on any atom is 0.0784 e. The van der Waals surface area contributed by atoms with Crippen molar-refractivity contribution in [1.82, 2.24) is 15.5 Å². The van der Waals surface area contributed by atoms with Gasteiger partial charge in [0.25, 0.3) is 0 Å². The minimum Gasteiger partial charge on any atom is -0.405 e.